The van der Waals surface area contributed by atoms with E-state index in [1.54, 1.807) is 21.3 Å². The van der Waals surface area contributed by atoms with E-state index >= 15 is 0 Å². The summed E-state index contributed by atoms with van der Waals surface area (Å²) >= 11 is 0. The zero-order valence-corrected chi connectivity index (χ0v) is 17.1. The molecule has 0 N–H and O–H groups in total. The summed E-state index contributed by atoms with van der Waals surface area (Å²) in [5.74, 6) is 10.5. The summed E-state index contributed by atoms with van der Waals surface area (Å²) in [7, 11) is 5.07. The molecule has 1 unspecified atom stereocenters. The Morgan fingerprint density at radius 3 is 2.11 bits per heavy atom. The van der Waals surface area contributed by atoms with Crippen LogP contribution in [0, 0.1) is 17.8 Å². The van der Waals surface area contributed by atoms with Gasteiger partial charge in [0.15, 0.2) is 11.5 Å². The van der Waals surface area contributed by atoms with Gasteiger partial charge in [-0.25, -0.2) is 0 Å². The predicted molar refractivity (Wildman–Crippen MR) is 111 cm³/mol. The molecule has 4 rings (SSSR count). The molecule has 0 saturated heterocycles. The summed E-state index contributed by atoms with van der Waals surface area (Å²) in [6, 6.07) is 12.3. The van der Waals surface area contributed by atoms with Crippen LogP contribution in [0.3, 0.4) is 0 Å². The average molecular weight is 374 g/mol. The Labute approximate surface area is 167 Å². The van der Waals surface area contributed by atoms with Crippen molar-refractivity contribution in [1.29, 1.82) is 0 Å². The first-order valence-electron chi connectivity index (χ1n) is 9.66. The molecule has 0 heterocycles. The Bertz CT molecular complexity index is 985. The molecule has 28 heavy (non-hydrogen) atoms. The molecule has 144 valence electrons. The molecule has 2 bridgehead atoms. The van der Waals surface area contributed by atoms with Gasteiger partial charge in [0.1, 0.15) is 5.75 Å². The molecular weight excluding hydrogens is 348 g/mol. The number of allylic oxidation sites excluding steroid dienone is 2. The third kappa shape index (κ3) is 2.94. The topological polar surface area (TPSA) is 27.7 Å². The van der Waals surface area contributed by atoms with Crippen LogP contribution in [0.1, 0.15) is 48.8 Å². The Balaban J connectivity index is 1.72. The third-order valence-corrected chi connectivity index (χ3v) is 5.97. The summed E-state index contributed by atoms with van der Waals surface area (Å²) in [6.07, 6.45) is 1.07. The quantitative estimate of drug-likeness (QED) is 0.539. The number of rotatable bonds is 3. The lowest BCUT2D eigenvalue weighted by molar-refractivity contribution is 0.353. The molecule has 2 aromatic carbocycles. The summed E-state index contributed by atoms with van der Waals surface area (Å²) in [5.41, 5.74) is 6.67. The normalized spacial score (nSPS) is 21.6. The molecule has 2 aromatic rings. The van der Waals surface area contributed by atoms with Gasteiger partial charge in [0.05, 0.1) is 21.3 Å². The molecule has 2 aliphatic carbocycles. The molecule has 1 saturated carbocycles. The van der Waals surface area contributed by atoms with Crippen LogP contribution in [0.25, 0.3) is 0 Å². The lowest BCUT2D eigenvalue weighted by Crippen LogP contribution is -2.10. The van der Waals surface area contributed by atoms with E-state index in [1.165, 1.54) is 22.3 Å². The monoisotopic (exact) mass is 374 g/mol. The highest BCUT2D eigenvalue weighted by Crippen LogP contribution is 2.62. The minimum Gasteiger partial charge on any atom is -0.497 e. The lowest BCUT2D eigenvalue weighted by atomic mass is 9.83. The number of benzene rings is 2. The molecule has 0 aliphatic heterocycles. The maximum atomic E-state index is 5.56. The van der Waals surface area contributed by atoms with Gasteiger partial charge in [0.25, 0.3) is 0 Å². The fraction of sp³-hybridized carbons (Fsp3) is 0.360. The molecule has 3 heteroatoms. The highest BCUT2D eigenvalue weighted by atomic mass is 16.5. The van der Waals surface area contributed by atoms with Crippen molar-refractivity contribution in [1.82, 2.24) is 0 Å². The first-order chi connectivity index (χ1) is 13.6. The highest BCUT2D eigenvalue weighted by molar-refractivity contribution is 5.62. The number of fused-ring (bicyclic) bond motifs is 5. The van der Waals surface area contributed by atoms with E-state index in [0.717, 1.165) is 29.2 Å². The molecule has 1 fully saturated rings. The van der Waals surface area contributed by atoms with Gasteiger partial charge in [0.2, 0.25) is 0 Å². The van der Waals surface area contributed by atoms with Crippen molar-refractivity contribution in [2.75, 3.05) is 21.3 Å². The molecule has 0 spiro atoms. The van der Waals surface area contributed by atoms with Crippen molar-refractivity contribution in [3.63, 3.8) is 0 Å². The zero-order valence-electron chi connectivity index (χ0n) is 17.1. The Morgan fingerprint density at radius 1 is 0.893 bits per heavy atom. The van der Waals surface area contributed by atoms with Crippen molar-refractivity contribution in [2.24, 2.45) is 5.92 Å². The summed E-state index contributed by atoms with van der Waals surface area (Å²) in [4.78, 5) is 0. The van der Waals surface area contributed by atoms with Gasteiger partial charge in [-0.1, -0.05) is 23.0 Å². The second-order valence-corrected chi connectivity index (χ2v) is 7.66. The maximum absolute atomic E-state index is 5.56. The minimum absolute atomic E-state index is 0.322. The van der Waals surface area contributed by atoms with Gasteiger partial charge >= 0.3 is 0 Å². The third-order valence-electron chi connectivity index (χ3n) is 5.97. The van der Waals surface area contributed by atoms with Gasteiger partial charge in [-0.05, 0) is 67.8 Å². The number of methoxy groups -OCH3 is 3. The average Bonchev–Trinajstić information content (AvgIpc) is 3.25. The Morgan fingerprint density at radius 2 is 1.54 bits per heavy atom. The Kier molecular flexibility index (Phi) is 4.81. The van der Waals surface area contributed by atoms with Crippen LogP contribution in [0.4, 0.5) is 0 Å². The van der Waals surface area contributed by atoms with Gasteiger partial charge in [-0.3, -0.25) is 0 Å². The van der Waals surface area contributed by atoms with Crippen LogP contribution in [0.5, 0.6) is 17.2 Å². The summed E-state index contributed by atoms with van der Waals surface area (Å²) < 4.78 is 16.3. The molecule has 0 radical (unpaired) electrons. The second-order valence-electron chi connectivity index (χ2n) is 7.66. The van der Waals surface area contributed by atoms with E-state index in [0.29, 0.717) is 17.8 Å². The predicted octanol–water partition coefficient (Wildman–Crippen LogP) is 5.30. The molecule has 2 aliphatic rings. The Hall–Kier alpha value is -2.86. The van der Waals surface area contributed by atoms with E-state index in [2.05, 4.69) is 37.8 Å². The van der Waals surface area contributed by atoms with Crippen LogP contribution in [0.2, 0.25) is 0 Å². The van der Waals surface area contributed by atoms with Crippen molar-refractivity contribution in [3.05, 3.63) is 64.2 Å². The smallest absolute Gasteiger partial charge is 0.161 e. The van der Waals surface area contributed by atoms with E-state index in [1.807, 2.05) is 24.3 Å². The van der Waals surface area contributed by atoms with Crippen molar-refractivity contribution < 1.29 is 14.2 Å². The van der Waals surface area contributed by atoms with Crippen LogP contribution in [-0.2, 0) is 0 Å². The first-order valence-corrected chi connectivity index (χ1v) is 9.66. The fourth-order valence-corrected chi connectivity index (χ4v) is 4.76. The largest absolute Gasteiger partial charge is 0.497 e. The molecule has 3 nitrogen and oxygen atoms in total. The highest BCUT2D eigenvalue weighted by Gasteiger charge is 2.48. The van der Waals surface area contributed by atoms with Gasteiger partial charge in [-0.15, -0.1) is 0 Å². The summed E-state index contributed by atoms with van der Waals surface area (Å²) in [6.45, 7) is 4.43. The van der Waals surface area contributed by atoms with E-state index in [-0.39, 0.29) is 0 Å². The van der Waals surface area contributed by atoms with Crippen molar-refractivity contribution in [3.8, 4) is 29.1 Å². The van der Waals surface area contributed by atoms with Gasteiger partial charge in [0, 0.05) is 23.3 Å². The number of ether oxygens (including phenoxy) is 3. The van der Waals surface area contributed by atoms with Gasteiger partial charge < -0.3 is 14.2 Å². The standard InChI is InChI=1S/C25H26O3/c1-15(2)24-20-12-17(9-6-16-7-10-18(26-3)11-8-16)25(24)21-14-23(28-5)22(27-4)13-19(20)21/h7-8,10-11,13-14,17,20,25H,12H2,1-5H3/t17?,20-,25+/m0/s1. The minimum atomic E-state index is 0.322. The number of hydrogen-bond donors (Lipinski definition) is 0. The van der Waals surface area contributed by atoms with Crippen molar-refractivity contribution in [2.45, 2.75) is 32.1 Å². The fourth-order valence-electron chi connectivity index (χ4n) is 4.76. The lowest BCUT2D eigenvalue weighted by Gasteiger charge is -2.21. The number of hydrogen-bond acceptors (Lipinski definition) is 3. The zero-order chi connectivity index (χ0) is 19.8. The van der Waals surface area contributed by atoms with Crippen LogP contribution < -0.4 is 14.2 Å². The SMILES string of the molecule is COc1ccc(C#CC2C[C@@H]3C(=C(C)C)[C@H]2c2cc(OC)c(OC)cc23)cc1. The molecule has 3 atom stereocenters. The van der Waals surface area contributed by atoms with E-state index in [9.17, 15) is 0 Å². The molecule has 0 aromatic heterocycles. The second kappa shape index (κ2) is 7.28. The molecular formula is C25H26O3. The molecule has 0 amide bonds. The van der Waals surface area contributed by atoms with E-state index in [4.69, 9.17) is 14.2 Å². The van der Waals surface area contributed by atoms with Crippen LogP contribution >= 0.6 is 0 Å². The van der Waals surface area contributed by atoms with Gasteiger partial charge in [-0.2, -0.15) is 0 Å². The summed E-state index contributed by atoms with van der Waals surface area (Å²) in [5, 5.41) is 0. The van der Waals surface area contributed by atoms with Crippen molar-refractivity contribution >= 4 is 0 Å². The maximum Gasteiger partial charge on any atom is 0.161 e. The van der Waals surface area contributed by atoms with Crippen LogP contribution in [-0.4, -0.2) is 21.3 Å². The first kappa shape index (κ1) is 18.5. The van der Waals surface area contributed by atoms with Crippen LogP contribution in [0.15, 0.2) is 47.5 Å². The van der Waals surface area contributed by atoms with E-state index < -0.39 is 0 Å².